The molecule has 0 atom stereocenters. The van der Waals surface area contributed by atoms with Gasteiger partial charge in [-0.25, -0.2) is 21.8 Å². The molecule has 2 aromatic carbocycles. The first-order valence-corrected chi connectivity index (χ1v) is 17.2. The molecular formula is C28H35ClN6O6S2. The van der Waals surface area contributed by atoms with Crippen LogP contribution in [-0.4, -0.2) is 93.3 Å². The summed E-state index contributed by atoms with van der Waals surface area (Å²) in [5.41, 5.74) is 0.663. The summed E-state index contributed by atoms with van der Waals surface area (Å²) in [5.74, 6) is -0.646. The molecule has 0 unspecified atom stereocenters. The molecule has 1 aliphatic rings. The summed E-state index contributed by atoms with van der Waals surface area (Å²) in [6, 6.07) is 10.6. The Morgan fingerprint density at radius 1 is 1.02 bits per heavy atom. The van der Waals surface area contributed by atoms with E-state index in [4.69, 9.17) is 16.3 Å². The van der Waals surface area contributed by atoms with E-state index in [-0.39, 0.29) is 32.3 Å². The Balaban J connectivity index is 1.53. The van der Waals surface area contributed by atoms with Gasteiger partial charge in [0.05, 0.1) is 39.7 Å². The van der Waals surface area contributed by atoms with Crippen molar-refractivity contribution in [3.63, 3.8) is 0 Å². The van der Waals surface area contributed by atoms with Gasteiger partial charge in [-0.05, 0) is 44.7 Å². The number of rotatable bonds is 11. The number of ether oxygens (including phenoxy) is 1. The summed E-state index contributed by atoms with van der Waals surface area (Å²) in [5, 5.41) is 5.48. The second-order valence-electron chi connectivity index (χ2n) is 10.2. The van der Waals surface area contributed by atoms with Crippen molar-refractivity contribution in [2.45, 2.75) is 35.8 Å². The number of nitrogens with one attached hydrogen (secondary N) is 2. The van der Waals surface area contributed by atoms with E-state index in [0.29, 0.717) is 37.6 Å². The lowest BCUT2D eigenvalue weighted by atomic mass is 10.3. The summed E-state index contributed by atoms with van der Waals surface area (Å²) in [6.45, 7) is 8.54. The van der Waals surface area contributed by atoms with Crippen molar-refractivity contribution < 1.29 is 26.4 Å². The van der Waals surface area contributed by atoms with E-state index in [1.54, 1.807) is 36.9 Å². The SMILES string of the molecule is CCN1CCN(C(=O)CS(=O)(=O)c2ccc(Nc3ncc(Cl)c(Nc4ccccc4S(=O)(=O)C(C)C)n3)c(OC)c2)CC1. The Labute approximate surface area is 257 Å². The minimum absolute atomic E-state index is 0.0576. The predicted molar refractivity (Wildman–Crippen MR) is 166 cm³/mol. The number of para-hydroxylation sites is 1. The highest BCUT2D eigenvalue weighted by Crippen LogP contribution is 2.33. The van der Waals surface area contributed by atoms with Crippen LogP contribution in [0.2, 0.25) is 5.02 Å². The van der Waals surface area contributed by atoms with Crippen LogP contribution in [0.4, 0.5) is 23.1 Å². The van der Waals surface area contributed by atoms with Crippen LogP contribution in [0.1, 0.15) is 20.8 Å². The molecule has 4 rings (SSSR count). The third-order valence-electron chi connectivity index (χ3n) is 7.08. The fraction of sp³-hybridized carbons (Fsp3) is 0.393. The molecule has 232 valence electrons. The summed E-state index contributed by atoms with van der Waals surface area (Å²) in [7, 11) is -6.15. The van der Waals surface area contributed by atoms with E-state index in [2.05, 4.69) is 25.5 Å². The second-order valence-corrected chi connectivity index (χ2v) is 15.0. The number of carbonyl (C=O) groups excluding carboxylic acids is 1. The average Bonchev–Trinajstić information content (AvgIpc) is 2.98. The molecule has 43 heavy (non-hydrogen) atoms. The van der Waals surface area contributed by atoms with Gasteiger partial charge in [0.15, 0.2) is 25.5 Å². The fourth-order valence-corrected chi connectivity index (χ4v) is 7.03. The Morgan fingerprint density at radius 3 is 2.37 bits per heavy atom. The number of nitrogens with zero attached hydrogens (tertiary/aromatic N) is 4. The number of aromatic nitrogens is 2. The first-order chi connectivity index (χ1) is 20.3. The third-order valence-corrected chi connectivity index (χ3v) is 11.2. The summed E-state index contributed by atoms with van der Waals surface area (Å²) in [4.78, 5) is 25.2. The van der Waals surface area contributed by atoms with Crippen molar-refractivity contribution >= 4 is 60.3 Å². The van der Waals surface area contributed by atoms with Gasteiger partial charge in [0.1, 0.15) is 16.5 Å². The molecule has 1 saturated heterocycles. The molecule has 0 aliphatic carbocycles. The smallest absolute Gasteiger partial charge is 0.238 e. The minimum Gasteiger partial charge on any atom is -0.495 e. The highest BCUT2D eigenvalue weighted by atomic mass is 35.5. The second kappa shape index (κ2) is 13.5. The van der Waals surface area contributed by atoms with Gasteiger partial charge in [0.2, 0.25) is 11.9 Å². The van der Waals surface area contributed by atoms with Crippen molar-refractivity contribution in [3.05, 3.63) is 53.7 Å². The van der Waals surface area contributed by atoms with Crippen LogP contribution in [0.15, 0.2) is 58.5 Å². The Morgan fingerprint density at radius 2 is 1.72 bits per heavy atom. The van der Waals surface area contributed by atoms with Gasteiger partial charge in [-0.3, -0.25) is 4.79 Å². The lowest BCUT2D eigenvalue weighted by Gasteiger charge is -2.34. The molecule has 2 N–H and O–H groups in total. The van der Waals surface area contributed by atoms with Crippen molar-refractivity contribution in [1.82, 2.24) is 19.8 Å². The number of sulfone groups is 2. The van der Waals surface area contributed by atoms with E-state index in [0.717, 1.165) is 6.54 Å². The normalized spacial score (nSPS) is 14.5. The van der Waals surface area contributed by atoms with Gasteiger partial charge in [-0.1, -0.05) is 30.7 Å². The van der Waals surface area contributed by atoms with Gasteiger partial charge < -0.3 is 25.2 Å². The molecule has 1 fully saturated rings. The third kappa shape index (κ3) is 7.55. The Hall–Kier alpha value is -3.46. The number of hydrogen-bond donors (Lipinski definition) is 2. The van der Waals surface area contributed by atoms with Crippen molar-refractivity contribution in [2.24, 2.45) is 0 Å². The number of carbonyl (C=O) groups is 1. The predicted octanol–water partition coefficient (Wildman–Crippen LogP) is 3.75. The zero-order valence-corrected chi connectivity index (χ0v) is 26.8. The molecule has 1 amide bonds. The summed E-state index contributed by atoms with van der Waals surface area (Å²) in [6.07, 6.45) is 1.34. The number of anilines is 4. The first-order valence-electron chi connectivity index (χ1n) is 13.7. The lowest BCUT2D eigenvalue weighted by Crippen LogP contribution is -2.49. The van der Waals surface area contributed by atoms with E-state index in [1.807, 2.05) is 6.92 Å². The van der Waals surface area contributed by atoms with Gasteiger partial charge in [-0.2, -0.15) is 4.98 Å². The quantitative estimate of drug-likeness (QED) is 0.312. The average molecular weight is 651 g/mol. The first kappa shape index (κ1) is 32.5. The van der Waals surface area contributed by atoms with E-state index in [1.165, 1.54) is 37.6 Å². The largest absolute Gasteiger partial charge is 0.495 e. The van der Waals surface area contributed by atoms with Crippen LogP contribution in [0.25, 0.3) is 0 Å². The minimum atomic E-state index is -3.94. The van der Waals surface area contributed by atoms with Crippen molar-refractivity contribution in [2.75, 3.05) is 56.2 Å². The van der Waals surface area contributed by atoms with Gasteiger partial charge in [0.25, 0.3) is 0 Å². The number of piperazine rings is 1. The number of methoxy groups -OCH3 is 1. The van der Waals surface area contributed by atoms with Gasteiger partial charge >= 0.3 is 0 Å². The maximum Gasteiger partial charge on any atom is 0.238 e. The molecular weight excluding hydrogens is 616 g/mol. The summed E-state index contributed by atoms with van der Waals surface area (Å²) >= 11 is 6.33. The van der Waals surface area contributed by atoms with Crippen molar-refractivity contribution in [3.8, 4) is 5.75 Å². The monoisotopic (exact) mass is 650 g/mol. The van der Waals surface area contributed by atoms with Crippen LogP contribution >= 0.6 is 11.6 Å². The number of amides is 1. The Bertz CT molecular complexity index is 1690. The van der Waals surface area contributed by atoms with Crippen LogP contribution < -0.4 is 15.4 Å². The Kier molecular flexibility index (Phi) is 10.2. The summed E-state index contributed by atoms with van der Waals surface area (Å²) < 4.78 is 57.4. The highest BCUT2D eigenvalue weighted by molar-refractivity contribution is 7.92. The molecule has 2 heterocycles. The van der Waals surface area contributed by atoms with E-state index < -0.39 is 36.6 Å². The molecule has 1 aromatic heterocycles. The number of benzene rings is 2. The van der Waals surface area contributed by atoms with Gasteiger partial charge in [0, 0.05) is 32.2 Å². The molecule has 0 saturated carbocycles. The molecule has 0 spiro atoms. The molecule has 12 nitrogen and oxygen atoms in total. The van der Waals surface area contributed by atoms with Gasteiger partial charge in [-0.15, -0.1) is 0 Å². The maximum atomic E-state index is 13.1. The fourth-order valence-electron chi connectivity index (χ4n) is 4.45. The highest BCUT2D eigenvalue weighted by Gasteiger charge is 2.27. The van der Waals surface area contributed by atoms with E-state index in [9.17, 15) is 21.6 Å². The van der Waals surface area contributed by atoms with Crippen LogP contribution in [0.5, 0.6) is 5.75 Å². The zero-order chi connectivity index (χ0) is 31.4. The van der Waals surface area contributed by atoms with Crippen LogP contribution in [0.3, 0.4) is 0 Å². The molecule has 0 radical (unpaired) electrons. The maximum absolute atomic E-state index is 13.1. The van der Waals surface area contributed by atoms with Crippen LogP contribution in [-0.2, 0) is 24.5 Å². The zero-order valence-electron chi connectivity index (χ0n) is 24.4. The molecule has 1 aliphatic heterocycles. The topological polar surface area (TPSA) is 151 Å². The molecule has 3 aromatic rings. The molecule has 15 heteroatoms. The molecule has 0 bridgehead atoms. The number of halogens is 1. The number of hydrogen-bond acceptors (Lipinski definition) is 11. The van der Waals surface area contributed by atoms with Crippen LogP contribution in [0, 0.1) is 0 Å². The van der Waals surface area contributed by atoms with Crippen molar-refractivity contribution in [1.29, 1.82) is 0 Å². The lowest BCUT2D eigenvalue weighted by molar-refractivity contribution is -0.130. The number of likely N-dealkylation sites (N-methyl/N-ethyl adjacent to an activating group) is 1. The van der Waals surface area contributed by atoms with E-state index >= 15 is 0 Å². The standard InChI is InChI=1S/C28H35ClN6O6S2/c1-5-34-12-14-35(15-13-34)26(36)18-42(37,38)20-10-11-22(24(16-20)41-4)32-28-30-17-21(29)27(33-28)31-23-8-6-7-9-25(23)43(39,40)19(2)3/h6-11,16-17,19H,5,12-15,18H2,1-4H3,(H2,30,31,32,33).